The number of ether oxygens (including phenoxy) is 1. The zero-order chi connectivity index (χ0) is 23.7. The minimum absolute atomic E-state index is 0.142. The second kappa shape index (κ2) is 9.52. The van der Waals surface area contributed by atoms with E-state index in [1.807, 2.05) is 17.5 Å². The van der Waals surface area contributed by atoms with Crippen LogP contribution < -0.4 is 5.32 Å². The fourth-order valence-corrected chi connectivity index (χ4v) is 6.90. The Kier molecular flexibility index (Phi) is 6.46. The molecule has 1 aromatic carbocycles. The summed E-state index contributed by atoms with van der Waals surface area (Å²) >= 11 is 1.47. The fraction of sp³-hybridized carbons (Fsp3) is 0.417. The Morgan fingerprint density at radius 3 is 2.56 bits per heavy atom. The van der Waals surface area contributed by atoms with Gasteiger partial charge in [-0.2, -0.15) is 0 Å². The molecule has 1 aliphatic heterocycles. The van der Waals surface area contributed by atoms with Crippen LogP contribution in [0.15, 0.2) is 46.8 Å². The highest BCUT2D eigenvalue weighted by Crippen LogP contribution is 2.41. The highest BCUT2D eigenvalue weighted by molar-refractivity contribution is 7.92. The first kappa shape index (κ1) is 23.1. The molecule has 8 nitrogen and oxygen atoms in total. The summed E-state index contributed by atoms with van der Waals surface area (Å²) in [6, 6.07) is 8.90. The zero-order valence-electron chi connectivity index (χ0n) is 18.6. The molecule has 1 saturated carbocycles. The lowest BCUT2D eigenvalue weighted by molar-refractivity contribution is 0.0626. The van der Waals surface area contributed by atoms with Crippen LogP contribution in [0.1, 0.15) is 49.3 Å². The van der Waals surface area contributed by atoms with Crippen LogP contribution >= 0.6 is 11.3 Å². The molecule has 1 amide bonds. The maximum atomic E-state index is 12.7. The van der Waals surface area contributed by atoms with Gasteiger partial charge in [0.2, 0.25) is 0 Å². The van der Waals surface area contributed by atoms with Crippen molar-refractivity contribution < 1.29 is 23.1 Å². The highest BCUT2D eigenvalue weighted by atomic mass is 32.2. The van der Waals surface area contributed by atoms with E-state index in [2.05, 4.69) is 15.3 Å². The summed E-state index contributed by atoms with van der Waals surface area (Å²) in [7, 11) is -3.27. The molecule has 0 bridgehead atoms. The van der Waals surface area contributed by atoms with Crippen LogP contribution in [0.4, 0.5) is 10.5 Å². The van der Waals surface area contributed by atoms with E-state index >= 15 is 0 Å². The number of nitrogens with one attached hydrogen (secondary N) is 2. The molecule has 1 unspecified atom stereocenters. The fourth-order valence-electron chi connectivity index (χ4n) is 4.63. The van der Waals surface area contributed by atoms with Crippen molar-refractivity contribution in [2.75, 3.05) is 18.5 Å². The summed E-state index contributed by atoms with van der Waals surface area (Å²) < 4.78 is 30.9. The molecule has 10 heteroatoms. The number of aromatic nitrogens is 2. The van der Waals surface area contributed by atoms with Crippen molar-refractivity contribution >= 4 is 33.0 Å². The molecule has 5 rings (SSSR count). The van der Waals surface area contributed by atoms with Gasteiger partial charge in [-0.25, -0.2) is 18.2 Å². The van der Waals surface area contributed by atoms with Crippen molar-refractivity contribution in [1.29, 1.82) is 0 Å². The van der Waals surface area contributed by atoms with Gasteiger partial charge in [0.05, 0.1) is 21.5 Å². The molecule has 180 valence electrons. The van der Waals surface area contributed by atoms with E-state index in [0.717, 1.165) is 54.1 Å². The molecule has 1 aliphatic carbocycles. The van der Waals surface area contributed by atoms with Gasteiger partial charge in [-0.05, 0) is 61.8 Å². The first-order chi connectivity index (χ1) is 16.4. The summed E-state index contributed by atoms with van der Waals surface area (Å²) in [6.45, 7) is 1.43. The summed E-state index contributed by atoms with van der Waals surface area (Å²) in [5, 5.41) is 14.4. The highest BCUT2D eigenvalue weighted by Gasteiger charge is 2.37. The van der Waals surface area contributed by atoms with E-state index in [-0.39, 0.29) is 11.2 Å². The lowest BCUT2D eigenvalue weighted by atomic mass is 9.83. The van der Waals surface area contributed by atoms with E-state index in [0.29, 0.717) is 29.7 Å². The first-order valence-electron chi connectivity index (χ1n) is 11.5. The van der Waals surface area contributed by atoms with Gasteiger partial charge in [0.15, 0.2) is 9.84 Å². The molecule has 2 fully saturated rings. The van der Waals surface area contributed by atoms with E-state index in [9.17, 15) is 18.3 Å². The molecule has 0 spiro atoms. The quantitative estimate of drug-likeness (QED) is 0.394. The van der Waals surface area contributed by atoms with Crippen LogP contribution in [0.5, 0.6) is 0 Å². The average Bonchev–Trinajstić information content (AvgIpc) is 3.41. The molecule has 3 aromatic rings. The van der Waals surface area contributed by atoms with Gasteiger partial charge < -0.3 is 14.8 Å². The zero-order valence-corrected chi connectivity index (χ0v) is 20.2. The van der Waals surface area contributed by atoms with Crippen LogP contribution in [-0.4, -0.2) is 48.0 Å². The van der Waals surface area contributed by atoms with Gasteiger partial charge in [0.25, 0.3) is 0 Å². The third-order valence-electron chi connectivity index (χ3n) is 6.59. The standard InChI is InChI=1S/C24H27N3O5S2/c28-24(29)27-20-14-21(23-25-9-12-33-23)26-22(20)19(13-15-7-10-32-11-8-15)16-1-3-17(4-2-16)34(30,31)18-5-6-18/h1-4,9,12,14-15,18-19,26-27H,5-8,10-11,13H2,(H,28,29). The summed E-state index contributed by atoms with van der Waals surface area (Å²) in [5.41, 5.74) is 2.95. The van der Waals surface area contributed by atoms with Crippen molar-refractivity contribution in [3.8, 4) is 10.7 Å². The summed E-state index contributed by atoms with van der Waals surface area (Å²) in [4.78, 5) is 19.7. The number of carboxylic acid groups (broad SMARTS) is 1. The number of thiazole rings is 1. The minimum Gasteiger partial charge on any atom is -0.465 e. The number of benzene rings is 1. The smallest absolute Gasteiger partial charge is 0.409 e. The molecular formula is C24H27N3O5S2. The number of aromatic amines is 1. The molecule has 2 aromatic heterocycles. The number of sulfone groups is 1. The number of hydrogen-bond acceptors (Lipinski definition) is 6. The van der Waals surface area contributed by atoms with Crippen molar-refractivity contribution in [2.45, 2.75) is 48.2 Å². The second-order valence-corrected chi connectivity index (χ2v) is 12.1. The van der Waals surface area contributed by atoms with Crippen molar-refractivity contribution in [3.05, 3.63) is 53.2 Å². The van der Waals surface area contributed by atoms with Gasteiger partial charge in [-0.1, -0.05) is 12.1 Å². The predicted molar refractivity (Wildman–Crippen MR) is 130 cm³/mol. The lowest BCUT2D eigenvalue weighted by Gasteiger charge is -2.27. The SMILES string of the molecule is O=C(O)Nc1cc(-c2nccs2)[nH]c1C(CC1CCOCC1)c1ccc(S(=O)(=O)C2CC2)cc1. The number of hydrogen-bond donors (Lipinski definition) is 3. The minimum atomic E-state index is -3.27. The van der Waals surface area contributed by atoms with Crippen LogP contribution in [0.2, 0.25) is 0 Å². The molecule has 1 atom stereocenters. The van der Waals surface area contributed by atoms with Gasteiger partial charge >= 0.3 is 6.09 Å². The number of carbonyl (C=O) groups is 1. The number of nitrogens with zero attached hydrogens (tertiary/aromatic N) is 1. The second-order valence-electron chi connectivity index (χ2n) is 8.94. The molecule has 3 N–H and O–H groups in total. The van der Waals surface area contributed by atoms with Crippen LogP contribution in [0.3, 0.4) is 0 Å². The topological polar surface area (TPSA) is 121 Å². The van der Waals surface area contributed by atoms with Crippen molar-refractivity contribution in [1.82, 2.24) is 9.97 Å². The Balaban J connectivity index is 1.54. The van der Waals surface area contributed by atoms with E-state index in [1.54, 1.807) is 24.4 Å². The maximum absolute atomic E-state index is 12.7. The van der Waals surface area contributed by atoms with E-state index in [1.165, 1.54) is 11.3 Å². The summed E-state index contributed by atoms with van der Waals surface area (Å²) in [5.74, 6) is 0.272. The number of rotatable bonds is 8. The predicted octanol–water partition coefficient (Wildman–Crippen LogP) is 5.11. The number of H-pyrrole nitrogens is 1. The molecular weight excluding hydrogens is 474 g/mol. The Morgan fingerprint density at radius 2 is 1.94 bits per heavy atom. The Hall–Kier alpha value is -2.69. The van der Waals surface area contributed by atoms with Gasteiger partial charge in [-0.15, -0.1) is 11.3 Å². The largest absolute Gasteiger partial charge is 0.465 e. The van der Waals surface area contributed by atoms with Gasteiger partial charge in [0.1, 0.15) is 5.01 Å². The van der Waals surface area contributed by atoms with Crippen molar-refractivity contribution in [2.24, 2.45) is 5.92 Å². The number of amides is 1. The molecule has 0 radical (unpaired) electrons. The Morgan fingerprint density at radius 1 is 1.21 bits per heavy atom. The van der Waals surface area contributed by atoms with Crippen molar-refractivity contribution in [3.63, 3.8) is 0 Å². The van der Waals surface area contributed by atoms with Gasteiger partial charge in [0, 0.05) is 36.4 Å². The summed E-state index contributed by atoms with van der Waals surface area (Å²) in [6.07, 6.45) is 4.69. The van der Waals surface area contributed by atoms with Crippen LogP contribution in [0.25, 0.3) is 10.7 Å². The third-order valence-corrected chi connectivity index (χ3v) is 9.67. The molecule has 1 saturated heterocycles. The van der Waals surface area contributed by atoms with E-state index in [4.69, 9.17) is 4.74 Å². The molecule has 3 heterocycles. The van der Waals surface area contributed by atoms with E-state index < -0.39 is 15.9 Å². The monoisotopic (exact) mass is 501 g/mol. The molecule has 34 heavy (non-hydrogen) atoms. The number of anilines is 1. The molecule has 2 aliphatic rings. The lowest BCUT2D eigenvalue weighted by Crippen LogP contribution is -2.19. The Labute approximate surface area is 202 Å². The third kappa shape index (κ3) is 4.89. The first-order valence-corrected chi connectivity index (χ1v) is 13.9. The average molecular weight is 502 g/mol. The van der Waals surface area contributed by atoms with Crippen LogP contribution in [-0.2, 0) is 14.6 Å². The normalized spacial score (nSPS) is 18.0. The Bertz CT molecular complexity index is 1240. The maximum Gasteiger partial charge on any atom is 0.409 e. The van der Waals surface area contributed by atoms with Crippen LogP contribution in [0, 0.1) is 5.92 Å². The van der Waals surface area contributed by atoms with Gasteiger partial charge in [-0.3, -0.25) is 5.32 Å².